The second-order valence-corrected chi connectivity index (χ2v) is 8.17. The van der Waals surface area contributed by atoms with Crippen LogP contribution in [-0.2, 0) is 11.0 Å². The predicted molar refractivity (Wildman–Crippen MR) is 103 cm³/mol. The fourth-order valence-corrected chi connectivity index (χ4v) is 3.88. The van der Waals surface area contributed by atoms with Gasteiger partial charge in [0.15, 0.2) is 6.61 Å². The summed E-state index contributed by atoms with van der Waals surface area (Å²) in [5, 5.41) is 11.5. The monoisotopic (exact) mass is 479 g/mol. The molecule has 0 radical (unpaired) electrons. The van der Waals surface area contributed by atoms with Gasteiger partial charge in [0, 0.05) is 17.5 Å². The van der Waals surface area contributed by atoms with Gasteiger partial charge in [-0.3, -0.25) is 0 Å². The molecule has 1 aliphatic rings. The van der Waals surface area contributed by atoms with Gasteiger partial charge < -0.3 is 14.6 Å². The molecule has 10 heteroatoms. The molecule has 1 aliphatic carbocycles. The van der Waals surface area contributed by atoms with E-state index in [1.807, 2.05) is 0 Å². The number of rotatable bonds is 7. The molecule has 0 aromatic heterocycles. The number of alkyl halides is 6. The van der Waals surface area contributed by atoms with Crippen molar-refractivity contribution >= 4 is 17.6 Å². The molecular weight excluding hydrogens is 462 g/mol. The minimum atomic E-state index is -4.68. The van der Waals surface area contributed by atoms with Gasteiger partial charge in [0.25, 0.3) is 0 Å². The van der Waals surface area contributed by atoms with Crippen LogP contribution in [0.4, 0.5) is 26.3 Å². The molecule has 1 atom stereocenters. The first-order valence-electron chi connectivity index (χ1n) is 9.76. The van der Waals surface area contributed by atoms with Crippen LogP contribution >= 0.6 is 11.6 Å². The third kappa shape index (κ3) is 5.88. The van der Waals surface area contributed by atoms with Crippen molar-refractivity contribution in [2.45, 2.75) is 44.0 Å². The fourth-order valence-electron chi connectivity index (χ4n) is 3.60. The average molecular weight is 480 g/mol. The van der Waals surface area contributed by atoms with Crippen LogP contribution in [0.2, 0.25) is 5.02 Å². The number of carbonyl (C=O) groups excluding carboxylic acids is 1. The van der Waals surface area contributed by atoms with E-state index in [0.29, 0.717) is 0 Å². The SMILES string of the molecule is O=C([O-])[C@H](CC1CCC1)c1cc(Cl)c(OCC(F)(F)F)c(-c2ccc(C(F)(F)F)cc2)c1. The maximum absolute atomic E-state index is 12.9. The van der Waals surface area contributed by atoms with Crippen LogP contribution in [-0.4, -0.2) is 18.8 Å². The summed E-state index contributed by atoms with van der Waals surface area (Å²) in [4.78, 5) is 11.8. The van der Waals surface area contributed by atoms with Gasteiger partial charge in [0.05, 0.1) is 10.6 Å². The summed E-state index contributed by atoms with van der Waals surface area (Å²) in [5.41, 5.74) is -0.694. The molecule has 0 spiro atoms. The van der Waals surface area contributed by atoms with Crippen LogP contribution in [0, 0.1) is 5.92 Å². The lowest BCUT2D eigenvalue weighted by Gasteiger charge is -2.31. The normalized spacial score (nSPS) is 15.8. The molecular formula is C22H18ClF6O3-. The third-order valence-electron chi connectivity index (χ3n) is 5.45. The quantitative estimate of drug-likeness (QED) is 0.458. The summed E-state index contributed by atoms with van der Waals surface area (Å²) in [7, 11) is 0. The molecule has 0 saturated heterocycles. The highest BCUT2D eigenvalue weighted by Gasteiger charge is 2.32. The minimum absolute atomic E-state index is 0.0367. The Bertz CT molecular complexity index is 965. The molecule has 3 nitrogen and oxygen atoms in total. The zero-order valence-electron chi connectivity index (χ0n) is 16.5. The van der Waals surface area contributed by atoms with Gasteiger partial charge in [-0.1, -0.05) is 43.0 Å². The van der Waals surface area contributed by atoms with Crippen molar-refractivity contribution in [3.8, 4) is 16.9 Å². The second kappa shape index (κ2) is 9.21. The number of carboxylic acid groups (broad SMARTS) is 1. The molecule has 0 N–H and O–H groups in total. The van der Waals surface area contributed by atoms with Crippen molar-refractivity contribution in [1.82, 2.24) is 0 Å². The predicted octanol–water partition coefficient (Wildman–Crippen LogP) is 5.99. The lowest BCUT2D eigenvalue weighted by Crippen LogP contribution is -2.32. The van der Waals surface area contributed by atoms with E-state index in [1.165, 1.54) is 12.1 Å². The van der Waals surface area contributed by atoms with E-state index in [4.69, 9.17) is 16.3 Å². The van der Waals surface area contributed by atoms with Crippen LogP contribution in [0.5, 0.6) is 5.75 Å². The second-order valence-electron chi connectivity index (χ2n) is 7.76. The van der Waals surface area contributed by atoms with Crippen LogP contribution in [0.3, 0.4) is 0 Å². The van der Waals surface area contributed by atoms with Crippen LogP contribution < -0.4 is 9.84 Å². The first-order valence-corrected chi connectivity index (χ1v) is 10.1. The lowest BCUT2D eigenvalue weighted by molar-refractivity contribution is -0.308. The molecule has 0 bridgehead atoms. The van der Waals surface area contributed by atoms with E-state index in [2.05, 4.69) is 0 Å². The molecule has 1 fully saturated rings. The lowest BCUT2D eigenvalue weighted by atomic mass is 9.77. The summed E-state index contributed by atoms with van der Waals surface area (Å²) in [6, 6.07) is 6.18. The van der Waals surface area contributed by atoms with Gasteiger partial charge in [0.1, 0.15) is 5.75 Å². The van der Waals surface area contributed by atoms with E-state index >= 15 is 0 Å². The summed E-state index contributed by atoms with van der Waals surface area (Å²) < 4.78 is 81.7. The zero-order valence-corrected chi connectivity index (χ0v) is 17.3. The Hall–Kier alpha value is -2.42. The number of halogens is 7. The van der Waals surface area contributed by atoms with E-state index in [0.717, 1.165) is 43.5 Å². The smallest absolute Gasteiger partial charge is 0.422 e. The van der Waals surface area contributed by atoms with Crippen molar-refractivity contribution in [3.05, 3.63) is 52.5 Å². The zero-order chi connectivity index (χ0) is 23.7. The van der Waals surface area contributed by atoms with Crippen LogP contribution in [0.15, 0.2) is 36.4 Å². The summed E-state index contributed by atoms with van der Waals surface area (Å²) in [6.07, 6.45) is -6.32. The maximum atomic E-state index is 12.9. The molecule has 3 rings (SSSR count). The highest BCUT2D eigenvalue weighted by atomic mass is 35.5. The summed E-state index contributed by atoms with van der Waals surface area (Å²) in [5.74, 6) is -2.65. The Morgan fingerprint density at radius 3 is 2.19 bits per heavy atom. The molecule has 2 aromatic carbocycles. The molecule has 174 valence electrons. The van der Waals surface area contributed by atoms with Crippen molar-refractivity contribution in [1.29, 1.82) is 0 Å². The molecule has 0 amide bonds. The van der Waals surface area contributed by atoms with Gasteiger partial charge >= 0.3 is 12.4 Å². The fraction of sp³-hybridized carbons (Fsp3) is 0.409. The van der Waals surface area contributed by atoms with E-state index in [1.54, 1.807) is 0 Å². The Morgan fingerprint density at radius 1 is 1.09 bits per heavy atom. The molecule has 0 heterocycles. The third-order valence-corrected chi connectivity index (χ3v) is 5.73. The Balaban J connectivity index is 2.06. The standard InChI is InChI=1S/C22H19ClF6O3/c23-18-10-14(17(20(30)31)8-12-2-1-3-12)9-16(19(18)32-11-21(24,25)26)13-4-6-15(7-5-13)22(27,28)29/h4-7,9-10,12,17H,1-3,8,11H2,(H,30,31)/p-1/t17-/m1/s1. The van der Waals surface area contributed by atoms with Crippen molar-refractivity contribution in [2.24, 2.45) is 5.92 Å². The van der Waals surface area contributed by atoms with Gasteiger partial charge in [-0.2, -0.15) is 26.3 Å². The number of hydrogen-bond acceptors (Lipinski definition) is 3. The number of hydrogen-bond donors (Lipinski definition) is 0. The highest BCUT2D eigenvalue weighted by molar-refractivity contribution is 6.32. The molecule has 1 saturated carbocycles. The van der Waals surface area contributed by atoms with Crippen molar-refractivity contribution in [2.75, 3.05) is 6.61 Å². The van der Waals surface area contributed by atoms with E-state index in [-0.39, 0.29) is 34.1 Å². The largest absolute Gasteiger partial charge is 0.549 e. The summed E-state index contributed by atoms with van der Waals surface area (Å²) >= 11 is 6.16. The van der Waals surface area contributed by atoms with Crippen LogP contribution in [0.25, 0.3) is 11.1 Å². The Labute approximate surface area is 184 Å². The van der Waals surface area contributed by atoms with Crippen LogP contribution in [0.1, 0.15) is 42.7 Å². The van der Waals surface area contributed by atoms with Crippen molar-refractivity contribution < 1.29 is 41.0 Å². The average Bonchev–Trinajstić information content (AvgIpc) is 2.64. The van der Waals surface area contributed by atoms with E-state index in [9.17, 15) is 36.2 Å². The molecule has 2 aromatic rings. The topological polar surface area (TPSA) is 49.4 Å². The van der Waals surface area contributed by atoms with Gasteiger partial charge in [0.2, 0.25) is 0 Å². The number of ether oxygens (including phenoxy) is 1. The van der Waals surface area contributed by atoms with Gasteiger partial charge in [-0.05, 0) is 47.7 Å². The Kier molecular flexibility index (Phi) is 6.97. The molecule has 0 aliphatic heterocycles. The first kappa shape index (κ1) is 24.2. The number of benzene rings is 2. The van der Waals surface area contributed by atoms with Crippen molar-refractivity contribution in [3.63, 3.8) is 0 Å². The summed E-state index contributed by atoms with van der Waals surface area (Å²) in [6.45, 7) is -1.67. The van der Waals surface area contributed by atoms with Gasteiger partial charge in [-0.25, -0.2) is 0 Å². The minimum Gasteiger partial charge on any atom is -0.549 e. The van der Waals surface area contributed by atoms with Gasteiger partial charge in [-0.15, -0.1) is 0 Å². The first-order chi connectivity index (χ1) is 14.8. The number of aliphatic carboxylic acids is 1. The van der Waals surface area contributed by atoms with E-state index < -0.39 is 42.2 Å². The number of carbonyl (C=O) groups is 1. The Morgan fingerprint density at radius 2 is 1.72 bits per heavy atom. The molecule has 0 unspecified atom stereocenters. The highest BCUT2D eigenvalue weighted by Crippen LogP contribution is 2.43. The maximum Gasteiger partial charge on any atom is 0.422 e. The number of carboxylic acids is 1. The molecule has 32 heavy (non-hydrogen) atoms.